The summed E-state index contributed by atoms with van der Waals surface area (Å²) in [6, 6.07) is 7.79. The Morgan fingerprint density at radius 1 is 1.15 bits per heavy atom. The number of carboxylic acids is 1. The first kappa shape index (κ1) is 13.5. The van der Waals surface area contributed by atoms with E-state index in [0.29, 0.717) is 6.10 Å². The summed E-state index contributed by atoms with van der Waals surface area (Å²) in [5.41, 5.74) is 0.221. The van der Waals surface area contributed by atoms with Crippen molar-refractivity contribution >= 4 is 5.97 Å². The molecule has 108 valence electrons. The van der Waals surface area contributed by atoms with Gasteiger partial charge in [-0.15, -0.1) is 0 Å². The Morgan fingerprint density at radius 3 is 2.50 bits per heavy atom. The quantitative estimate of drug-likeness (QED) is 0.905. The van der Waals surface area contributed by atoms with Crippen LogP contribution < -0.4 is 4.74 Å². The van der Waals surface area contributed by atoms with E-state index in [-0.39, 0.29) is 0 Å². The maximum atomic E-state index is 11.8. The molecule has 0 atom stereocenters. The number of ether oxygens (including phenoxy) is 1. The van der Waals surface area contributed by atoms with Crippen molar-refractivity contribution in [3.63, 3.8) is 0 Å². The summed E-state index contributed by atoms with van der Waals surface area (Å²) in [4.78, 5) is 11.8. The number of carbonyl (C=O) groups is 1. The van der Waals surface area contributed by atoms with Crippen molar-refractivity contribution in [1.29, 1.82) is 0 Å². The van der Waals surface area contributed by atoms with Crippen LogP contribution in [0.2, 0.25) is 0 Å². The van der Waals surface area contributed by atoms with Crippen molar-refractivity contribution in [2.45, 2.75) is 62.9 Å². The van der Waals surface area contributed by atoms with E-state index in [1.165, 1.54) is 6.42 Å². The number of carboxylic acid groups (broad SMARTS) is 1. The van der Waals surface area contributed by atoms with Gasteiger partial charge >= 0.3 is 5.97 Å². The summed E-state index contributed by atoms with van der Waals surface area (Å²) in [7, 11) is 0. The Hall–Kier alpha value is -1.51. The van der Waals surface area contributed by atoms with E-state index in [1.807, 2.05) is 24.3 Å². The molecule has 0 heterocycles. The molecule has 3 rings (SSSR count). The molecule has 0 spiro atoms. The zero-order valence-corrected chi connectivity index (χ0v) is 11.8. The van der Waals surface area contributed by atoms with Crippen LogP contribution in [0.3, 0.4) is 0 Å². The van der Waals surface area contributed by atoms with Gasteiger partial charge < -0.3 is 9.84 Å². The van der Waals surface area contributed by atoms with Crippen LogP contribution in [0.15, 0.2) is 24.3 Å². The second-order valence-electron chi connectivity index (χ2n) is 6.15. The van der Waals surface area contributed by atoms with E-state index in [0.717, 1.165) is 56.3 Å². The van der Waals surface area contributed by atoms with Gasteiger partial charge in [-0.1, -0.05) is 31.4 Å². The van der Waals surface area contributed by atoms with Gasteiger partial charge in [-0.05, 0) is 49.8 Å². The molecule has 3 nitrogen and oxygen atoms in total. The molecule has 1 aromatic carbocycles. The van der Waals surface area contributed by atoms with Gasteiger partial charge in [-0.2, -0.15) is 0 Å². The van der Waals surface area contributed by atoms with E-state index in [4.69, 9.17) is 4.74 Å². The van der Waals surface area contributed by atoms with Crippen LogP contribution >= 0.6 is 0 Å². The Kier molecular flexibility index (Phi) is 3.68. The van der Waals surface area contributed by atoms with Gasteiger partial charge in [-0.25, -0.2) is 0 Å². The number of rotatable bonds is 4. The average molecular weight is 274 g/mol. The van der Waals surface area contributed by atoms with Crippen LogP contribution in [0.1, 0.15) is 56.9 Å². The fraction of sp³-hybridized carbons (Fsp3) is 0.588. The highest BCUT2D eigenvalue weighted by atomic mass is 16.5. The van der Waals surface area contributed by atoms with E-state index < -0.39 is 11.4 Å². The van der Waals surface area contributed by atoms with Crippen molar-refractivity contribution in [1.82, 2.24) is 0 Å². The molecule has 1 aromatic rings. The van der Waals surface area contributed by atoms with Gasteiger partial charge in [0.05, 0.1) is 11.5 Å². The van der Waals surface area contributed by atoms with Crippen molar-refractivity contribution in [3.8, 4) is 5.75 Å². The molecule has 0 saturated heterocycles. The van der Waals surface area contributed by atoms with Gasteiger partial charge in [0, 0.05) is 0 Å². The standard InChI is InChI=1S/C17H22O3/c18-16(19)17(10-2-1-3-11-17)13-6-4-9-15(12-13)20-14-7-5-8-14/h4,6,9,12,14H,1-3,5,7-8,10-11H2,(H,18,19). The lowest BCUT2D eigenvalue weighted by Gasteiger charge is -2.34. The summed E-state index contributed by atoms with van der Waals surface area (Å²) in [6.45, 7) is 0. The molecule has 2 fully saturated rings. The predicted molar refractivity (Wildman–Crippen MR) is 77.1 cm³/mol. The molecule has 0 radical (unpaired) electrons. The SMILES string of the molecule is O=C(O)C1(c2cccc(OC3CCC3)c2)CCCCC1. The van der Waals surface area contributed by atoms with Crippen molar-refractivity contribution in [3.05, 3.63) is 29.8 Å². The normalized spacial score (nSPS) is 22.0. The van der Waals surface area contributed by atoms with Gasteiger partial charge in [0.2, 0.25) is 0 Å². The summed E-state index contributed by atoms with van der Waals surface area (Å²) in [6.07, 6.45) is 8.45. The van der Waals surface area contributed by atoms with Crippen molar-refractivity contribution < 1.29 is 14.6 Å². The summed E-state index contributed by atoms with van der Waals surface area (Å²) >= 11 is 0. The first-order valence-corrected chi connectivity index (χ1v) is 7.71. The van der Waals surface area contributed by atoms with E-state index in [1.54, 1.807) is 0 Å². The van der Waals surface area contributed by atoms with E-state index in [2.05, 4.69) is 0 Å². The van der Waals surface area contributed by atoms with Crippen LogP contribution in [0, 0.1) is 0 Å². The second-order valence-corrected chi connectivity index (χ2v) is 6.15. The number of hydrogen-bond acceptors (Lipinski definition) is 2. The van der Waals surface area contributed by atoms with Crippen molar-refractivity contribution in [2.24, 2.45) is 0 Å². The first-order chi connectivity index (χ1) is 9.71. The molecule has 0 amide bonds. The Morgan fingerprint density at radius 2 is 1.90 bits per heavy atom. The van der Waals surface area contributed by atoms with E-state index in [9.17, 15) is 9.90 Å². The third-order valence-corrected chi connectivity index (χ3v) is 4.86. The maximum absolute atomic E-state index is 11.8. The largest absolute Gasteiger partial charge is 0.490 e. The minimum atomic E-state index is -0.697. The fourth-order valence-corrected chi connectivity index (χ4v) is 3.33. The third kappa shape index (κ3) is 2.41. The predicted octanol–water partition coefficient (Wildman–Crippen LogP) is 3.90. The maximum Gasteiger partial charge on any atom is 0.314 e. The molecule has 20 heavy (non-hydrogen) atoms. The van der Waals surface area contributed by atoms with Crippen LogP contribution in [0.5, 0.6) is 5.75 Å². The first-order valence-electron chi connectivity index (χ1n) is 7.71. The Bertz CT molecular complexity index is 485. The second kappa shape index (κ2) is 5.47. The van der Waals surface area contributed by atoms with Crippen molar-refractivity contribution in [2.75, 3.05) is 0 Å². The minimum absolute atomic E-state index is 0.331. The molecule has 0 bridgehead atoms. The molecule has 2 aliphatic rings. The smallest absolute Gasteiger partial charge is 0.314 e. The lowest BCUT2D eigenvalue weighted by molar-refractivity contribution is -0.145. The Balaban J connectivity index is 1.86. The van der Waals surface area contributed by atoms with E-state index >= 15 is 0 Å². The van der Waals surface area contributed by atoms with Crippen LogP contribution in [-0.2, 0) is 10.2 Å². The number of hydrogen-bond donors (Lipinski definition) is 1. The molecular weight excluding hydrogens is 252 g/mol. The molecule has 2 saturated carbocycles. The fourth-order valence-electron chi connectivity index (χ4n) is 3.33. The highest BCUT2D eigenvalue weighted by Gasteiger charge is 2.41. The van der Waals surface area contributed by atoms with Gasteiger partial charge in [0.25, 0.3) is 0 Å². The van der Waals surface area contributed by atoms with Gasteiger partial charge in [0.15, 0.2) is 0 Å². The molecule has 3 heteroatoms. The minimum Gasteiger partial charge on any atom is -0.490 e. The summed E-state index contributed by atoms with van der Waals surface area (Å²) in [5, 5.41) is 9.73. The number of aliphatic carboxylic acids is 1. The van der Waals surface area contributed by atoms with Gasteiger partial charge in [-0.3, -0.25) is 4.79 Å². The van der Waals surface area contributed by atoms with Gasteiger partial charge in [0.1, 0.15) is 5.75 Å². The molecule has 0 unspecified atom stereocenters. The monoisotopic (exact) mass is 274 g/mol. The molecule has 0 aliphatic heterocycles. The molecule has 1 N–H and O–H groups in total. The number of benzene rings is 1. The topological polar surface area (TPSA) is 46.5 Å². The molecule has 0 aromatic heterocycles. The lowest BCUT2D eigenvalue weighted by atomic mass is 9.69. The summed E-state index contributed by atoms with van der Waals surface area (Å²) < 4.78 is 5.91. The highest BCUT2D eigenvalue weighted by Crippen LogP contribution is 2.41. The molecular formula is C17H22O3. The Labute approximate surface area is 120 Å². The van der Waals surface area contributed by atoms with Crippen LogP contribution in [0.25, 0.3) is 0 Å². The summed E-state index contributed by atoms with van der Waals surface area (Å²) in [5.74, 6) is 0.149. The lowest BCUT2D eigenvalue weighted by Crippen LogP contribution is -2.37. The van der Waals surface area contributed by atoms with Crippen LogP contribution in [-0.4, -0.2) is 17.2 Å². The van der Waals surface area contributed by atoms with Crippen LogP contribution in [0.4, 0.5) is 0 Å². The molecule has 2 aliphatic carbocycles. The zero-order chi connectivity index (χ0) is 14.0. The average Bonchev–Trinajstić information content (AvgIpc) is 2.44. The zero-order valence-electron chi connectivity index (χ0n) is 11.8. The third-order valence-electron chi connectivity index (χ3n) is 4.86. The highest BCUT2D eigenvalue weighted by molar-refractivity contribution is 5.81.